The molecule has 1 amide bonds. The fourth-order valence-electron chi connectivity index (χ4n) is 2.02. The lowest BCUT2D eigenvalue weighted by atomic mass is 10.2. The van der Waals surface area contributed by atoms with Crippen LogP contribution in [0.5, 0.6) is 11.5 Å². The molecule has 0 saturated heterocycles. The maximum Gasteiger partial charge on any atom is 0.238 e. The van der Waals surface area contributed by atoms with Crippen molar-refractivity contribution in [2.45, 2.75) is 12.8 Å². The van der Waals surface area contributed by atoms with Gasteiger partial charge in [0.25, 0.3) is 0 Å². The normalized spacial score (nSPS) is 13.0. The quantitative estimate of drug-likeness (QED) is 0.720. The van der Waals surface area contributed by atoms with Crippen molar-refractivity contribution in [2.75, 3.05) is 43.6 Å². The number of thioether (sulfide) groups is 1. The SMILES string of the molecule is CSCCCCNCC(=O)Nc1ccc2c(c1)OCCO2. The number of carbonyl (C=O) groups is 1. The molecule has 1 aromatic carbocycles. The number of carbonyl (C=O) groups excluding carboxylic acids is 1. The van der Waals surface area contributed by atoms with Gasteiger partial charge in [-0.3, -0.25) is 4.79 Å². The summed E-state index contributed by atoms with van der Waals surface area (Å²) in [6.07, 6.45) is 4.38. The summed E-state index contributed by atoms with van der Waals surface area (Å²) in [5, 5.41) is 6.00. The Hall–Kier alpha value is -1.40. The molecule has 0 radical (unpaired) electrons. The first-order chi connectivity index (χ1) is 10.3. The molecule has 0 saturated carbocycles. The summed E-state index contributed by atoms with van der Waals surface area (Å²) in [4.78, 5) is 11.8. The predicted molar refractivity (Wildman–Crippen MR) is 86.5 cm³/mol. The summed E-state index contributed by atoms with van der Waals surface area (Å²) in [5.41, 5.74) is 0.730. The third-order valence-electron chi connectivity index (χ3n) is 3.06. The molecule has 0 aromatic heterocycles. The Morgan fingerprint density at radius 3 is 2.86 bits per heavy atom. The molecule has 1 aliphatic rings. The number of fused-ring (bicyclic) bond motifs is 1. The summed E-state index contributed by atoms with van der Waals surface area (Å²) >= 11 is 1.85. The van der Waals surface area contributed by atoms with E-state index in [0.29, 0.717) is 25.5 Å². The molecule has 2 rings (SSSR count). The first-order valence-electron chi connectivity index (χ1n) is 7.19. The molecule has 0 unspecified atom stereocenters. The lowest BCUT2D eigenvalue weighted by Crippen LogP contribution is -2.28. The molecule has 0 aliphatic carbocycles. The van der Waals surface area contributed by atoms with Crippen LogP contribution in [0, 0.1) is 0 Å². The predicted octanol–water partition coefficient (Wildman–Crippen LogP) is 2.13. The van der Waals surface area contributed by atoms with Crippen LogP contribution in [0.3, 0.4) is 0 Å². The maximum atomic E-state index is 11.8. The van der Waals surface area contributed by atoms with E-state index in [1.165, 1.54) is 12.2 Å². The highest BCUT2D eigenvalue weighted by molar-refractivity contribution is 7.98. The third kappa shape index (κ3) is 5.47. The zero-order valence-electron chi connectivity index (χ0n) is 12.3. The molecule has 1 aliphatic heterocycles. The summed E-state index contributed by atoms with van der Waals surface area (Å²) in [6.45, 7) is 2.31. The summed E-state index contributed by atoms with van der Waals surface area (Å²) in [7, 11) is 0. The van der Waals surface area contributed by atoms with E-state index < -0.39 is 0 Å². The molecular weight excluding hydrogens is 288 g/mol. The number of anilines is 1. The number of rotatable bonds is 8. The smallest absolute Gasteiger partial charge is 0.238 e. The molecule has 0 bridgehead atoms. The standard InChI is InChI=1S/C15H22N2O3S/c1-21-9-3-2-6-16-11-15(18)17-12-4-5-13-14(10-12)20-8-7-19-13/h4-5,10,16H,2-3,6-9,11H2,1H3,(H,17,18). The van der Waals surface area contributed by atoms with Crippen molar-refractivity contribution >= 4 is 23.4 Å². The zero-order chi connectivity index (χ0) is 14.9. The Balaban J connectivity index is 1.70. The second kappa shape index (κ2) is 8.79. The maximum absolute atomic E-state index is 11.8. The first kappa shape index (κ1) is 16.0. The number of amides is 1. The molecule has 0 fully saturated rings. The molecule has 0 spiro atoms. The minimum Gasteiger partial charge on any atom is -0.486 e. The van der Waals surface area contributed by atoms with Gasteiger partial charge in [0.15, 0.2) is 11.5 Å². The van der Waals surface area contributed by atoms with E-state index in [-0.39, 0.29) is 5.91 Å². The molecule has 5 nitrogen and oxygen atoms in total. The third-order valence-corrected chi connectivity index (χ3v) is 3.76. The van der Waals surface area contributed by atoms with Gasteiger partial charge in [0.1, 0.15) is 13.2 Å². The van der Waals surface area contributed by atoms with Gasteiger partial charge >= 0.3 is 0 Å². The van der Waals surface area contributed by atoms with E-state index in [4.69, 9.17) is 9.47 Å². The lowest BCUT2D eigenvalue weighted by molar-refractivity contribution is -0.115. The molecule has 1 heterocycles. The minimum atomic E-state index is -0.0449. The molecular formula is C15H22N2O3S. The van der Waals surface area contributed by atoms with Crippen molar-refractivity contribution in [2.24, 2.45) is 0 Å². The highest BCUT2D eigenvalue weighted by atomic mass is 32.2. The largest absolute Gasteiger partial charge is 0.486 e. The Bertz CT molecular complexity index is 468. The van der Waals surface area contributed by atoms with Crippen molar-refractivity contribution < 1.29 is 14.3 Å². The number of hydrogen-bond donors (Lipinski definition) is 2. The monoisotopic (exact) mass is 310 g/mol. The molecule has 1 aromatic rings. The van der Waals surface area contributed by atoms with Crippen LogP contribution in [0.4, 0.5) is 5.69 Å². The van der Waals surface area contributed by atoms with Crippen LogP contribution >= 0.6 is 11.8 Å². The second-order valence-electron chi connectivity index (χ2n) is 4.78. The topological polar surface area (TPSA) is 59.6 Å². The Kier molecular flexibility index (Phi) is 6.69. The summed E-state index contributed by atoms with van der Waals surface area (Å²) in [5.74, 6) is 2.54. The zero-order valence-corrected chi connectivity index (χ0v) is 13.1. The molecule has 6 heteroatoms. The summed E-state index contributed by atoms with van der Waals surface area (Å²) < 4.78 is 10.9. The molecule has 21 heavy (non-hydrogen) atoms. The molecule has 116 valence electrons. The highest BCUT2D eigenvalue weighted by Crippen LogP contribution is 2.32. The van der Waals surface area contributed by atoms with Crippen molar-refractivity contribution in [3.63, 3.8) is 0 Å². The fraction of sp³-hybridized carbons (Fsp3) is 0.533. The Labute approximate surface area is 129 Å². The van der Waals surface area contributed by atoms with Gasteiger partial charge in [0, 0.05) is 11.8 Å². The Morgan fingerprint density at radius 1 is 1.24 bits per heavy atom. The van der Waals surface area contributed by atoms with Gasteiger partial charge in [-0.05, 0) is 43.5 Å². The lowest BCUT2D eigenvalue weighted by Gasteiger charge is -2.19. The number of hydrogen-bond acceptors (Lipinski definition) is 5. The van der Waals surface area contributed by atoms with Crippen molar-refractivity contribution in [3.8, 4) is 11.5 Å². The van der Waals surface area contributed by atoms with Crippen LogP contribution < -0.4 is 20.1 Å². The van der Waals surface area contributed by atoms with E-state index >= 15 is 0 Å². The van der Waals surface area contributed by atoms with Crippen LogP contribution in [-0.4, -0.2) is 44.2 Å². The van der Waals surface area contributed by atoms with E-state index in [1.807, 2.05) is 23.9 Å². The Morgan fingerprint density at radius 2 is 2.05 bits per heavy atom. The van der Waals surface area contributed by atoms with E-state index in [9.17, 15) is 4.79 Å². The fourth-order valence-corrected chi connectivity index (χ4v) is 2.52. The van der Waals surface area contributed by atoms with Crippen molar-refractivity contribution in [3.05, 3.63) is 18.2 Å². The van der Waals surface area contributed by atoms with E-state index in [2.05, 4.69) is 16.9 Å². The first-order valence-corrected chi connectivity index (χ1v) is 8.58. The van der Waals surface area contributed by atoms with Crippen LogP contribution in [0.2, 0.25) is 0 Å². The van der Waals surface area contributed by atoms with Crippen molar-refractivity contribution in [1.82, 2.24) is 5.32 Å². The molecule has 0 atom stereocenters. The minimum absolute atomic E-state index is 0.0449. The number of ether oxygens (including phenoxy) is 2. The molecule has 2 N–H and O–H groups in total. The van der Waals surface area contributed by atoms with Gasteiger partial charge in [-0.15, -0.1) is 0 Å². The highest BCUT2D eigenvalue weighted by Gasteiger charge is 2.12. The van der Waals surface area contributed by atoms with E-state index in [1.54, 1.807) is 6.07 Å². The average molecular weight is 310 g/mol. The van der Waals surface area contributed by atoms with Crippen molar-refractivity contribution in [1.29, 1.82) is 0 Å². The number of unbranched alkanes of at least 4 members (excludes halogenated alkanes) is 1. The average Bonchev–Trinajstić information content (AvgIpc) is 2.50. The van der Waals surface area contributed by atoms with Crippen LogP contribution in [0.15, 0.2) is 18.2 Å². The van der Waals surface area contributed by atoms with Gasteiger partial charge in [-0.1, -0.05) is 0 Å². The van der Waals surface area contributed by atoms with Crippen LogP contribution in [0.25, 0.3) is 0 Å². The number of benzene rings is 1. The van der Waals surface area contributed by atoms with Crippen LogP contribution in [-0.2, 0) is 4.79 Å². The van der Waals surface area contributed by atoms with Gasteiger partial charge in [-0.25, -0.2) is 0 Å². The van der Waals surface area contributed by atoms with Gasteiger partial charge in [-0.2, -0.15) is 11.8 Å². The second-order valence-corrected chi connectivity index (χ2v) is 5.77. The van der Waals surface area contributed by atoms with Gasteiger partial charge < -0.3 is 20.1 Å². The van der Waals surface area contributed by atoms with Crippen LogP contribution in [0.1, 0.15) is 12.8 Å². The van der Waals surface area contributed by atoms with Gasteiger partial charge in [0.05, 0.1) is 6.54 Å². The van der Waals surface area contributed by atoms with Gasteiger partial charge in [0.2, 0.25) is 5.91 Å². The summed E-state index contributed by atoms with van der Waals surface area (Å²) in [6, 6.07) is 5.44. The van der Waals surface area contributed by atoms with E-state index in [0.717, 1.165) is 24.4 Å². The number of nitrogens with one attached hydrogen (secondary N) is 2.